The fourth-order valence-corrected chi connectivity index (χ4v) is 2.01. The molecule has 0 saturated carbocycles. The maximum atomic E-state index is 5.96. The monoisotopic (exact) mass is 243 g/mol. The molecular weight excluding hydrogens is 214 g/mol. The number of hydrogen-bond acceptors (Lipinski definition) is 3. The molecule has 0 bridgehead atoms. The van der Waals surface area contributed by atoms with E-state index in [1.165, 1.54) is 12.8 Å². The van der Waals surface area contributed by atoms with Gasteiger partial charge in [0.1, 0.15) is 0 Å². The summed E-state index contributed by atoms with van der Waals surface area (Å²) in [5, 5.41) is 3.60. The minimum absolute atomic E-state index is 0.336. The summed E-state index contributed by atoms with van der Waals surface area (Å²) in [6, 6.07) is 0.457. The molecule has 3 heteroatoms. The van der Waals surface area contributed by atoms with E-state index in [4.69, 9.17) is 9.47 Å². The average Bonchev–Trinajstić information content (AvgIpc) is 2.82. The fourth-order valence-electron chi connectivity index (χ4n) is 2.01. The van der Waals surface area contributed by atoms with Crippen LogP contribution in [0.1, 0.15) is 40.5 Å². The third-order valence-corrected chi connectivity index (χ3v) is 3.67. The molecule has 1 saturated heterocycles. The molecule has 3 unspecified atom stereocenters. The van der Waals surface area contributed by atoms with Crippen LogP contribution in [0.5, 0.6) is 0 Å². The van der Waals surface area contributed by atoms with Crippen molar-refractivity contribution < 1.29 is 9.47 Å². The molecule has 17 heavy (non-hydrogen) atoms. The first kappa shape index (κ1) is 14.9. The van der Waals surface area contributed by atoms with Crippen molar-refractivity contribution in [1.29, 1.82) is 0 Å². The fraction of sp³-hybridized carbons (Fsp3) is 1.00. The SMILES string of the molecule is CCCNC(COC(C)C(C)C)C1CCOC1. The van der Waals surface area contributed by atoms with E-state index < -0.39 is 0 Å². The Balaban J connectivity index is 2.34. The van der Waals surface area contributed by atoms with E-state index in [-0.39, 0.29) is 0 Å². The molecule has 0 aromatic heterocycles. The Labute approximate surface area is 106 Å². The van der Waals surface area contributed by atoms with Gasteiger partial charge in [0.15, 0.2) is 0 Å². The maximum absolute atomic E-state index is 5.96. The second kappa shape index (κ2) is 8.06. The molecule has 102 valence electrons. The van der Waals surface area contributed by atoms with Crippen LogP contribution in [0.2, 0.25) is 0 Å². The molecule has 3 nitrogen and oxygen atoms in total. The van der Waals surface area contributed by atoms with Crippen molar-refractivity contribution in [2.24, 2.45) is 11.8 Å². The average molecular weight is 243 g/mol. The van der Waals surface area contributed by atoms with E-state index in [2.05, 4.69) is 33.0 Å². The van der Waals surface area contributed by atoms with E-state index in [0.717, 1.165) is 26.4 Å². The summed E-state index contributed by atoms with van der Waals surface area (Å²) in [4.78, 5) is 0. The van der Waals surface area contributed by atoms with Gasteiger partial charge in [-0.2, -0.15) is 0 Å². The third kappa shape index (κ3) is 5.36. The summed E-state index contributed by atoms with van der Waals surface area (Å²) in [5.74, 6) is 1.21. The highest BCUT2D eigenvalue weighted by Crippen LogP contribution is 2.18. The Kier molecular flexibility index (Phi) is 7.09. The van der Waals surface area contributed by atoms with E-state index in [9.17, 15) is 0 Å². The van der Waals surface area contributed by atoms with Gasteiger partial charge in [-0.3, -0.25) is 0 Å². The topological polar surface area (TPSA) is 30.5 Å². The first-order chi connectivity index (χ1) is 8.15. The van der Waals surface area contributed by atoms with Crippen molar-refractivity contribution in [2.75, 3.05) is 26.4 Å². The second-order valence-corrected chi connectivity index (χ2v) is 5.47. The summed E-state index contributed by atoms with van der Waals surface area (Å²) in [6.07, 6.45) is 2.67. The summed E-state index contributed by atoms with van der Waals surface area (Å²) >= 11 is 0. The predicted molar refractivity (Wildman–Crippen MR) is 71.3 cm³/mol. The molecule has 0 aliphatic carbocycles. The zero-order valence-corrected chi connectivity index (χ0v) is 11.9. The zero-order chi connectivity index (χ0) is 12.7. The molecule has 1 fully saturated rings. The van der Waals surface area contributed by atoms with Gasteiger partial charge in [0, 0.05) is 18.6 Å². The number of nitrogens with one attached hydrogen (secondary N) is 1. The first-order valence-electron chi connectivity index (χ1n) is 7.07. The maximum Gasteiger partial charge on any atom is 0.0626 e. The Hall–Kier alpha value is -0.120. The van der Waals surface area contributed by atoms with Crippen LogP contribution in [-0.2, 0) is 9.47 Å². The molecule has 0 spiro atoms. The van der Waals surface area contributed by atoms with Crippen LogP contribution >= 0.6 is 0 Å². The summed E-state index contributed by atoms with van der Waals surface area (Å²) in [7, 11) is 0. The van der Waals surface area contributed by atoms with Crippen LogP contribution in [-0.4, -0.2) is 38.5 Å². The summed E-state index contributed by atoms with van der Waals surface area (Å²) in [5.41, 5.74) is 0. The Morgan fingerprint density at radius 3 is 2.65 bits per heavy atom. The molecular formula is C14H29NO2. The highest BCUT2D eigenvalue weighted by Gasteiger charge is 2.26. The summed E-state index contributed by atoms with van der Waals surface area (Å²) < 4.78 is 11.4. The van der Waals surface area contributed by atoms with E-state index in [1.54, 1.807) is 0 Å². The van der Waals surface area contributed by atoms with Crippen LogP contribution in [0.3, 0.4) is 0 Å². The standard InChI is InChI=1S/C14H29NO2/c1-5-7-15-14(13-6-8-16-9-13)10-17-12(4)11(2)3/h11-15H,5-10H2,1-4H3. The Morgan fingerprint density at radius 1 is 1.35 bits per heavy atom. The van der Waals surface area contributed by atoms with Gasteiger partial charge in [-0.05, 0) is 32.2 Å². The highest BCUT2D eigenvalue weighted by atomic mass is 16.5. The van der Waals surface area contributed by atoms with E-state index >= 15 is 0 Å². The van der Waals surface area contributed by atoms with Crippen molar-refractivity contribution in [3.05, 3.63) is 0 Å². The minimum Gasteiger partial charge on any atom is -0.381 e. The molecule has 0 aromatic carbocycles. The van der Waals surface area contributed by atoms with Gasteiger partial charge in [0.2, 0.25) is 0 Å². The number of ether oxygens (including phenoxy) is 2. The lowest BCUT2D eigenvalue weighted by Crippen LogP contribution is -2.42. The van der Waals surface area contributed by atoms with Gasteiger partial charge < -0.3 is 14.8 Å². The van der Waals surface area contributed by atoms with Crippen molar-refractivity contribution >= 4 is 0 Å². The Bertz CT molecular complexity index is 191. The summed E-state index contributed by atoms with van der Waals surface area (Å²) in [6.45, 7) is 12.5. The quantitative estimate of drug-likeness (QED) is 0.710. The molecule has 0 radical (unpaired) electrons. The lowest BCUT2D eigenvalue weighted by molar-refractivity contribution is 0.0115. The molecule has 0 amide bonds. The largest absolute Gasteiger partial charge is 0.381 e. The first-order valence-corrected chi connectivity index (χ1v) is 7.07. The second-order valence-electron chi connectivity index (χ2n) is 5.47. The molecule has 1 N–H and O–H groups in total. The van der Waals surface area contributed by atoms with Crippen molar-refractivity contribution in [1.82, 2.24) is 5.32 Å². The molecule has 1 aliphatic rings. The Morgan fingerprint density at radius 2 is 2.12 bits per heavy atom. The number of hydrogen-bond donors (Lipinski definition) is 1. The normalized spacial score (nSPS) is 24.2. The van der Waals surface area contributed by atoms with E-state index in [0.29, 0.717) is 24.0 Å². The van der Waals surface area contributed by atoms with Gasteiger partial charge in [-0.1, -0.05) is 20.8 Å². The van der Waals surface area contributed by atoms with Gasteiger partial charge in [-0.25, -0.2) is 0 Å². The van der Waals surface area contributed by atoms with Crippen LogP contribution in [0.4, 0.5) is 0 Å². The van der Waals surface area contributed by atoms with Crippen molar-refractivity contribution in [2.45, 2.75) is 52.7 Å². The molecule has 1 aliphatic heterocycles. The predicted octanol–water partition coefficient (Wildman–Crippen LogP) is 2.45. The van der Waals surface area contributed by atoms with Crippen LogP contribution in [0, 0.1) is 11.8 Å². The van der Waals surface area contributed by atoms with Crippen LogP contribution in [0.25, 0.3) is 0 Å². The lowest BCUT2D eigenvalue weighted by atomic mass is 9.99. The van der Waals surface area contributed by atoms with E-state index in [1.807, 2.05) is 0 Å². The smallest absolute Gasteiger partial charge is 0.0626 e. The van der Waals surface area contributed by atoms with Crippen molar-refractivity contribution in [3.63, 3.8) is 0 Å². The van der Waals surface area contributed by atoms with Gasteiger partial charge in [0.05, 0.1) is 19.3 Å². The van der Waals surface area contributed by atoms with Crippen LogP contribution in [0.15, 0.2) is 0 Å². The van der Waals surface area contributed by atoms with Gasteiger partial charge in [-0.15, -0.1) is 0 Å². The molecule has 0 aromatic rings. The molecule has 1 rings (SSSR count). The minimum atomic E-state index is 0.336. The zero-order valence-electron chi connectivity index (χ0n) is 11.9. The molecule has 3 atom stereocenters. The van der Waals surface area contributed by atoms with Crippen molar-refractivity contribution in [3.8, 4) is 0 Å². The third-order valence-electron chi connectivity index (χ3n) is 3.67. The van der Waals surface area contributed by atoms with Gasteiger partial charge in [0.25, 0.3) is 0 Å². The number of rotatable bonds is 8. The highest BCUT2D eigenvalue weighted by molar-refractivity contribution is 4.79. The van der Waals surface area contributed by atoms with Gasteiger partial charge >= 0.3 is 0 Å². The van der Waals surface area contributed by atoms with Crippen LogP contribution < -0.4 is 5.32 Å². The lowest BCUT2D eigenvalue weighted by Gasteiger charge is -2.26. The molecule has 1 heterocycles.